The lowest BCUT2D eigenvalue weighted by atomic mass is 9.96. The molecule has 0 aliphatic heterocycles. The standard InChI is InChI=1S/C12H19N3O5/c16-10(17)7-6-9(11(18)19)14-15-12(20)13-8-4-2-1-3-5-8/h6,8,14H,1-5,7H2,(H,16,17)(H,18,19)(H2,13,15,20)/p-2/b9-6-. The van der Waals surface area contributed by atoms with Gasteiger partial charge < -0.3 is 25.1 Å². The summed E-state index contributed by atoms with van der Waals surface area (Å²) in [5.74, 6) is -3.05. The first-order valence-corrected chi connectivity index (χ1v) is 6.43. The highest BCUT2D eigenvalue weighted by atomic mass is 16.4. The number of hydrogen-bond donors (Lipinski definition) is 3. The van der Waals surface area contributed by atoms with E-state index in [1.165, 1.54) is 0 Å². The van der Waals surface area contributed by atoms with Gasteiger partial charge in [0.25, 0.3) is 0 Å². The molecule has 8 nitrogen and oxygen atoms in total. The average molecular weight is 283 g/mol. The maximum absolute atomic E-state index is 11.5. The number of aliphatic carboxylic acids is 2. The zero-order chi connectivity index (χ0) is 15.0. The summed E-state index contributed by atoms with van der Waals surface area (Å²) in [7, 11) is 0. The number of rotatable bonds is 6. The number of carbonyl (C=O) groups excluding carboxylic acids is 3. The van der Waals surface area contributed by atoms with Gasteiger partial charge in [-0.05, 0) is 12.8 Å². The third-order valence-corrected chi connectivity index (χ3v) is 2.94. The van der Waals surface area contributed by atoms with Crippen LogP contribution in [0.25, 0.3) is 0 Å². The first-order valence-electron chi connectivity index (χ1n) is 6.43. The van der Waals surface area contributed by atoms with Crippen molar-refractivity contribution in [3.63, 3.8) is 0 Å². The van der Waals surface area contributed by atoms with Gasteiger partial charge in [-0.2, -0.15) is 0 Å². The molecule has 3 N–H and O–H groups in total. The molecule has 1 aliphatic rings. The van der Waals surface area contributed by atoms with Crippen molar-refractivity contribution in [1.29, 1.82) is 0 Å². The van der Waals surface area contributed by atoms with Crippen molar-refractivity contribution >= 4 is 18.0 Å². The Labute approximate surface area is 116 Å². The number of nitrogens with one attached hydrogen (secondary N) is 3. The lowest BCUT2D eigenvalue weighted by molar-refractivity contribution is -0.304. The smallest absolute Gasteiger partial charge is 0.333 e. The lowest BCUT2D eigenvalue weighted by Gasteiger charge is -2.23. The van der Waals surface area contributed by atoms with Gasteiger partial charge in [0, 0.05) is 18.4 Å². The van der Waals surface area contributed by atoms with Crippen molar-refractivity contribution in [3.05, 3.63) is 11.8 Å². The molecule has 1 rings (SSSR count). The van der Waals surface area contributed by atoms with Crippen molar-refractivity contribution in [3.8, 4) is 0 Å². The van der Waals surface area contributed by atoms with Gasteiger partial charge in [0.1, 0.15) is 0 Å². The van der Waals surface area contributed by atoms with Crippen molar-refractivity contribution < 1.29 is 24.6 Å². The minimum absolute atomic E-state index is 0.0733. The second kappa shape index (κ2) is 8.03. The van der Waals surface area contributed by atoms with Crippen LogP contribution >= 0.6 is 0 Å². The molecule has 0 unspecified atom stereocenters. The summed E-state index contributed by atoms with van der Waals surface area (Å²) in [5, 5.41) is 23.6. The number of carboxylic acid groups (broad SMARTS) is 2. The molecular weight excluding hydrogens is 266 g/mol. The molecule has 1 aliphatic carbocycles. The molecule has 2 amide bonds. The summed E-state index contributed by atoms with van der Waals surface area (Å²) < 4.78 is 0. The summed E-state index contributed by atoms with van der Waals surface area (Å²) >= 11 is 0. The third kappa shape index (κ3) is 6.07. The highest BCUT2D eigenvalue weighted by Gasteiger charge is 2.15. The van der Waals surface area contributed by atoms with E-state index >= 15 is 0 Å². The van der Waals surface area contributed by atoms with Crippen molar-refractivity contribution in [2.24, 2.45) is 0 Å². The zero-order valence-corrected chi connectivity index (χ0v) is 10.9. The van der Waals surface area contributed by atoms with Crippen LogP contribution in [0.1, 0.15) is 38.5 Å². The van der Waals surface area contributed by atoms with E-state index in [1.807, 2.05) is 0 Å². The van der Waals surface area contributed by atoms with Gasteiger partial charge >= 0.3 is 6.03 Å². The number of hydrogen-bond acceptors (Lipinski definition) is 6. The van der Waals surface area contributed by atoms with Crippen LogP contribution in [0.15, 0.2) is 11.8 Å². The Balaban J connectivity index is 2.38. The van der Waals surface area contributed by atoms with E-state index in [-0.39, 0.29) is 6.04 Å². The average Bonchev–Trinajstić information content (AvgIpc) is 2.39. The minimum Gasteiger partial charge on any atom is -0.550 e. The number of carbonyl (C=O) groups is 3. The second-order valence-electron chi connectivity index (χ2n) is 4.54. The molecule has 1 fully saturated rings. The van der Waals surface area contributed by atoms with Crippen molar-refractivity contribution in [2.45, 2.75) is 44.6 Å². The molecule has 0 atom stereocenters. The molecule has 0 spiro atoms. The fourth-order valence-electron chi connectivity index (χ4n) is 1.96. The largest absolute Gasteiger partial charge is 0.550 e. The van der Waals surface area contributed by atoms with Gasteiger partial charge in [0.2, 0.25) is 0 Å². The highest BCUT2D eigenvalue weighted by Crippen LogP contribution is 2.16. The number of hydrazine groups is 1. The Bertz CT molecular complexity index is 402. The molecule has 0 aromatic carbocycles. The molecule has 0 aromatic rings. The zero-order valence-electron chi connectivity index (χ0n) is 10.9. The summed E-state index contributed by atoms with van der Waals surface area (Å²) in [6.07, 6.45) is 5.29. The van der Waals surface area contributed by atoms with E-state index < -0.39 is 30.1 Å². The van der Waals surface area contributed by atoms with Crippen LogP contribution in [-0.2, 0) is 9.59 Å². The second-order valence-corrected chi connectivity index (χ2v) is 4.54. The fourth-order valence-corrected chi connectivity index (χ4v) is 1.96. The molecule has 112 valence electrons. The van der Waals surface area contributed by atoms with Gasteiger partial charge in [-0.1, -0.05) is 25.3 Å². The Kier molecular flexibility index (Phi) is 6.34. The fraction of sp³-hybridized carbons (Fsp3) is 0.583. The monoisotopic (exact) mass is 283 g/mol. The first-order chi connectivity index (χ1) is 9.49. The minimum atomic E-state index is -1.62. The van der Waals surface area contributed by atoms with Crippen LogP contribution in [0.2, 0.25) is 0 Å². The highest BCUT2D eigenvalue weighted by molar-refractivity contribution is 5.85. The molecule has 8 heteroatoms. The van der Waals surface area contributed by atoms with Crippen LogP contribution in [0, 0.1) is 0 Å². The Hall–Kier alpha value is -2.25. The molecule has 0 bridgehead atoms. The van der Waals surface area contributed by atoms with Gasteiger partial charge in [-0.15, -0.1) is 0 Å². The molecule has 1 saturated carbocycles. The van der Waals surface area contributed by atoms with Gasteiger partial charge in [0.15, 0.2) is 0 Å². The Morgan fingerprint density at radius 3 is 2.25 bits per heavy atom. The molecule has 20 heavy (non-hydrogen) atoms. The maximum Gasteiger partial charge on any atom is 0.333 e. The van der Waals surface area contributed by atoms with Crippen LogP contribution < -0.4 is 26.4 Å². The molecule has 0 aromatic heterocycles. The van der Waals surface area contributed by atoms with E-state index in [0.717, 1.165) is 38.2 Å². The number of amides is 2. The van der Waals surface area contributed by atoms with Crippen LogP contribution in [-0.4, -0.2) is 24.0 Å². The van der Waals surface area contributed by atoms with Crippen LogP contribution in [0.3, 0.4) is 0 Å². The van der Waals surface area contributed by atoms with E-state index in [9.17, 15) is 24.6 Å². The van der Waals surface area contributed by atoms with E-state index in [2.05, 4.69) is 16.2 Å². The normalized spacial score (nSPS) is 16.3. The third-order valence-electron chi connectivity index (χ3n) is 2.94. The predicted octanol–water partition coefficient (Wildman–Crippen LogP) is -2.10. The van der Waals surface area contributed by atoms with Gasteiger partial charge in [-0.25, -0.2) is 4.79 Å². The van der Waals surface area contributed by atoms with E-state index in [0.29, 0.717) is 0 Å². The van der Waals surface area contributed by atoms with Crippen molar-refractivity contribution in [2.75, 3.05) is 0 Å². The van der Waals surface area contributed by atoms with Crippen LogP contribution in [0.4, 0.5) is 4.79 Å². The lowest BCUT2D eigenvalue weighted by Crippen LogP contribution is -2.50. The van der Waals surface area contributed by atoms with Gasteiger partial charge in [-0.3, -0.25) is 10.9 Å². The molecule has 0 heterocycles. The quantitative estimate of drug-likeness (QED) is 0.377. The number of urea groups is 1. The maximum atomic E-state index is 11.5. The van der Waals surface area contributed by atoms with E-state index in [4.69, 9.17) is 0 Å². The Morgan fingerprint density at radius 1 is 1.05 bits per heavy atom. The molecule has 0 radical (unpaired) electrons. The summed E-state index contributed by atoms with van der Waals surface area (Å²) in [6.45, 7) is 0. The van der Waals surface area contributed by atoms with Gasteiger partial charge in [0.05, 0.1) is 11.7 Å². The van der Waals surface area contributed by atoms with Crippen LogP contribution in [0.5, 0.6) is 0 Å². The number of carboxylic acids is 2. The summed E-state index contributed by atoms with van der Waals surface area (Å²) in [5.41, 5.74) is 3.71. The summed E-state index contributed by atoms with van der Waals surface area (Å²) in [6, 6.07) is -0.498. The van der Waals surface area contributed by atoms with E-state index in [1.54, 1.807) is 0 Å². The first kappa shape index (κ1) is 15.8. The van der Waals surface area contributed by atoms with Crippen molar-refractivity contribution in [1.82, 2.24) is 16.2 Å². The summed E-state index contributed by atoms with van der Waals surface area (Å²) in [4.78, 5) is 32.4. The Morgan fingerprint density at radius 2 is 1.70 bits per heavy atom. The topological polar surface area (TPSA) is 133 Å². The predicted molar refractivity (Wildman–Crippen MR) is 64.4 cm³/mol. The molecule has 0 saturated heterocycles. The SMILES string of the molecule is O=C([O-])C/C=C(\NNC(=O)NC1CCCCC1)C(=O)[O-]. The molecular formula is C12H17N3O5-2.